The smallest absolute Gasteiger partial charge is 0.246 e. The molecule has 3 heterocycles. The lowest BCUT2D eigenvalue weighted by atomic mass is 10.1. The Bertz CT molecular complexity index is 1440. The van der Waals surface area contributed by atoms with Crippen molar-refractivity contribution >= 4 is 10.0 Å². The number of hydrogen-bond acceptors (Lipinski definition) is 11. The van der Waals surface area contributed by atoms with E-state index in [0.29, 0.717) is 49.7 Å². The lowest BCUT2D eigenvalue weighted by Crippen LogP contribution is -2.41. The Morgan fingerprint density at radius 2 is 1.50 bits per heavy atom. The molecule has 1 aliphatic heterocycles. The molecule has 1 aliphatic rings. The van der Waals surface area contributed by atoms with Crippen LogP contribution in [0.1, 0.15) is 26.7 Å². The maximum atomic E-state index is 13.7. The molecular weight excluding hydrogens is 514 g/mol. The molecule has 4 aromatic rings. The lowest BCUT2D eigenvalue weighted by molar-refractivity contribution is 0.135. The molecule has 0 amide bonds. The molecule has 15 heteroatoms. The number of hydrogen-bond donors (Lipinski definition) is 0. The van der Waals surface area contributed by atoms with E-state index in [-0.39, 0.29) is 23.4 Å². The average molecular weight is 542 g/mol. The predicted molar refractivity (Wildman–Crippen MR) is 133 cm³/mol. The molecule has 2 aromatic heterocycles. The summed E-state index contributed by atoms with van der Waals surface area (Å²) in [5, 5.41) is 22.4. The van der Waals surface area contributed by atoms with Crippen molar-refractivity contribution in [2.45, 2.75) is 37.7 Å². The molecule has 0 bridgehead atoms. The highest BCUT2D eigenvalue weighted by molar-refractivity contribution is 7.89. The topological polar surface area (TPSA) is 152 Å². The SMILES string of the molecule is CCOc1cc(S(=O)(=O)N2CCC(Oc3ccc(-n4cnnn4)cc3)CC2)c(OCC)cc1-n1cnnn1. The van der Waals surface area contributed by atoms with Gasteiger partial charge in [0.2, 0.25) is 10.0 Å². The van der Waals surface area contributed by atoms with E-state index in [1.165, 1.54) is 27.7 Å². The third-order valence-electron chi connectivity index (χ3n) is 5.99. The summed E-state index contributed by atoms with van der Waals surface area (Å²) in [6.45, 7) is 4.84. The monoisotopic (exact) mass is 541 g/mol. The first-order valence-corrected chi connectivity index (χ1v) is 13.6. The summed E-state index contributed by atoms with van der Waals surface area (Å²) in [5.41, 5.74) is 1.29. The van der Waals surface area contributed by atoms with E-state index in [1.807, 2.05) is 31.2 Å². The van der Waals surface area contributed by atoms with Gasteiger partial charge in [0.05, 0.1) is 18.9 Å². The van der Waals surface area contributed by atoms with Crippen LogP contribution in [-0.4, -0.2) is 85.5 Å². The Morgan fingerprint density at radius 3 is 2.11 bits per heavy atom. The number of nitrogens with zero attached hydrogens (tertiary/aromatic N) is 9. The molecule has 1 saturated heterocycles. The van der Waals surface area contributed by atoms with Crippen LogP contribution in [0.25, 0.3) is 11.4 Å². The second-order valence-corrected chi connectivity index (χ2v) is 10.3. The lowest BCUT2D eigenvalue weighted by Gasteiger charge is -2.32. The molecule has 1 fully saturated rings. The number of rotatable bonds is 10. The third kappa shape index (κ3) is 5.28. The van der Waals surface area contributed by atoms with Gasteiger partial charge in [-0.1, -0.05) is 0 Å². The molecular formula is C23H27N9O5S. The molecule has 2 aromatic carbocycles. The number of benzene rings is 2. The van der Waals surface area contributed by atoms with Gasteiger partial charge in [0.25, 0.3) is 0 Å². The summed E-state index contributed by atoms with van der Waals surface area (Å²) in [4.78, 5) is 0.0391. The predicted octanol–water partition coefficient (Wildman–Crippen LogP) is 1.67. The minimum absolute atomic E-state index is 0.0391. The van der Waals surface area contributed by atoms with E-state index in [2.05, 4.69) is 31.1 Å². The van der Waals surface area contributed by atoms with Gasteiger partial charge in [-0.3, -0.25) is 0 Å². The molecule has 0 saturated carbocycles. The Balaban J connectivity index is 1.31. The fourth-order valence-electron chi connectivity index (χ4n) is 4.20. The first kappa shape index (κ1) is 25.5. The number of aromatic nitrogens is 8. The normalized spacial score (nSPS) is 14.9. The molecule has 0 atom stereocenters. The Labute approximate surface area is 219 Å². The van der Waals surface area contributed by atoms with Gasteiger partial charge >= 0.3 is 0 Å². The Kier molecular flexibility index (Phi) is 7.46. The molecule has 0 aliphatic carbocycles. The summed E-state index contributed by atoms with van der Waals surface area (Å²) < 4.78 is 49.5. The highest BCUT2D eigenvalue weighted by atomic mass is 32.2. The summed E-state index contributed by atoms with van der Waals surface area (Å²) in [6.07, 6.45) is 3.89. The van der Waals surface area contributed by atoms with Crippen LogP contribution in [0, 0.1) is 0 Å². The van der Waals surface area contributed by atoms with Gasteiger partial charge in [-0.2, -0.15) is 8.99 Å². The fourth-order valence-corrected chi connectivity index (χ4v) is 5.80. The maximum Gasteiger partial charge on any atom is 0.246 e. The molecule has 0 N–H and O–H groups in total. The van der Waals surface area contributed by atoms with E-state index in [4.69, 9.17) is 14.2 Å². The summed E-state index contributed by atoms with van der Waals surface area (Å²) in [5.74, 6) is 1.24. The van der Waals surface area contributed by atoms with Gasteiger partial charge in [0, 0.05) is 25.2 Å². The van der Waals surface area contributed by atoms with Crippen LogP contribution in [0.2, 0.25) is 0 Å². The van der Waals surface area contributed by atoms with Crippen molar-refractivity contribution in [2.24, 2.45) is 0 Å². The first-order chi connectivity index (χ1) is 18.5. The van der Waals surface area contributed by atoms with Crippen molar-refractivity contribution in [3.05, 3.63) is 49.1 Å². The highest BCUT2D eigenvalue weighted by Crippen LogP contribution is 2.37. The number of ether oxygens (including phenoxy) is 3. The largest absolute Gasteiger partial charge is 0.492 e. The van der Waals surface area contributed by atoms with Gasteiger partial charge in [-0.25, -0.2) is 13.1 Å². The number of sulfonamides is 1. The van der Waals surface area contributed by atoms with Gasteiger partial charge in [-0.15, -0.1) is 10.2 Å². The Hall–Kier alpha value is -4.11. The first-order valence-electron chi connectivity index (χ1n) is 12.2. The molecule has 5 rings (SSSR count). The quantitative estimate of drug-likeness (QED) is 0.288. The van der Waals surface area contributed by atoms with E-state index >= 15 is 0 Å². The molecule has 0 spiro atoms. The van der Waals surface area contributed by atoms with Gasteiger partial charge in [0.15, 0.2) is 0 Å². The zero-order valence-corrected chi connectivity index (χ0v) is 21.7. The molecule has 38 heavy (non-hydrogen) atoms. The van der Waals surface area contributed by atoms with Crippen molar-refractivity contribution < 1.29 is 22.6 Å². The van der Waals surface area contributed by atoms with E-state index in [1.54, 1.807) is 17.7 Å². The molecule has 0 unspecified atom stereocenters. The van der Waals surface area contributed by atoms with Gasteiger partial charge < -0.3 is 14.2 Å². The number of piperidine rings is 1. The fraction of sp³-hybridized carbons (Fsp3) is 0.391. The standard InChI is InChI=1S/C23H27N9O5S/c1-3-35-21-14-23(22(36-4-2)13-20(21)32-16-25-27-29-32)38(33,34)30-11-9-19(10-12-30)37-18-7-5-17(6-8-18)31-15-24-26-28-31/h5-8,13-16,19H,3-4,9-12H2,1-2H3. The summed E-state index contributed by atoms with van der Waals surface area (Å²) >= 11 is 0. The van der Waals surface area contributed by atoms with E-state index in [0.717, 1.165) is 5.69 Å². The zero-order valence-electron chi connectivity index (χ0n) is 20.9. The van der Waals surface area contributed by atoms with E-state index in [9.17, 15) is 8.42 Å². The van der Waals surface area contributed by atoms with Gasteiger partial charge in [-0.05, 0) is 71.8 Å². The van der Waals surface area contributed by atoms with Crippen molar-refractivity contribution in [3.8, 4) is 28.6 Å². The molecule has 0 radical (unpaired) electrons. The second-order valence-electron chi connectivity index (χ2n) is 8.36. The van der Waals surface area contributed by atoms with Crippen LogP contribution < -0.4 is 14.2 Å². The summed E-state index contributed by atoms with van der Waals surface area (Å²) in [6, 6.07) is 10.5. The van der Waals surface area contributed by atoms with Crippen molar-refractivity contribution in [1.29, 1.82) is 0 Å². The van der Waals surface area contributed by atoms with Crippen molar-refractivity contribution in [2.75, 3.05) is 26.3 Å². The van der Waals surface area contributed by atoms with Crippen molar-refractivity contribution in [3.63, 3.8) is 0 Å². The maximum absolute atomic E-state index is 13.7. The summed E-state index contributed by atoms with van der Waals surface area (Å²) in [7, 11) is -3.88. The zero-order chi connectivity index (χ0) is 26.5. The van der Waals surface area contributed by atoms with E-state index < -0.39 is 10.0 Å². The van der Waals surface area contributed by atoms with Gasteiger partial charge in [0.1, 0.15) is 46.6 Å². The number of tetrazole rings is 2. The van der Waals surface area contributed by atoms with Crippen molar-refractivity contribution in [1.82, 2.24) is 44.7 Å². The third-order valence-corrected chi connectivity index (χ3v) is 7.91. The molecule has 14 nitrogen and oxygen atoms in total. The second kappa shape index (κ2) is 11.1. The van der Waals surface area contributed by atoms with Crippen LogP contribution in [0.4, 0.5) is 0 Å². The minimum atomic E-state index is -3.88. The van der Waals surface area contributed by atoms with Crippen LogP contribution >= 0.6 is 0 Å². The van der Waals surface area contributed by atoms with Crippen LogP contribution in [0.5, 0.6) is 17.2 Å². The minimum Gasteiger partial charge on any atom is -0.492 e. The van der Waals surface area contributed by atoms with Crippen LogP contribution in [-0.2, 0) is 10.0 Å². The molecule has 200 valence electrons. The average Bonchev–Trinajstić information content (AvgIpc) is 3.66. The Morgan fingerprint density at radius 1 is 0.868 bits per heavy atom. The van der Waals surface area contributed by atoms with Crippen LogP contribution in [0.3, 0.4) is 0 Å². The highest BCUT2D eigenvalue weighted by Gasteiger charge is 2.33. The van der Waals surface area contributed by atoms with Crippen LogP contribution in [0.15, 0.2) is 53.9 Å².